The van der Waals surface area contributed by atoms with E-state index in [1.165, 1.54) is 11.1 Å². The van der Waals surface area contributed by atoms with Crippen molar-refractivity contribution in [3.8, 4) is 0 Å². The second-order valence-corrected chi connectivity index (χ2v) is 7.73. The van der Waals surface area contributed by atoms with Gasteiger partial charge in [0, 0.05) is 32.6 Å². The Morgan fingerprint density at radius 1 is 1.19 bits per heavy atom. The Hall–Kier alpha value is -3.20. The smallest absolute Gasteiger partial charge is 0.192 e. The summed E-state index contributed by atoms with van der Waals surface area (Å²) in [5.74, 6) is 2.49. The van der Waals surface area contributed by atoms with Gasteiger partial charge in [-0.05, 0) is 37.0 Å². The zero-order valence-electron chi connectivity index (χ0n) is 18.2. The molecule has 3 heterocycles. The van der Waals surface area contributed by atoms with E-state index in [2.05, 4.69) is 44.1 Å². The number of hydrogen-bond acceptors (Lipinski definition) is 5. The number of guanidine groups is 1. The minimum atomic E-state index is 0.233. The predicted molar refractivity (Wildman–Crippen MR) is 118 cm³/mol. The third-order valence-electron chi connectivity index (χ3n) is 5.54. The van der Waals surface area contributed by atoms with Crippen molar-refractivity contribution >= 4 is 5.96 Å². The first kappa shape index (κ1) is 21.0. The van der Waals surface area contributed by atoms with Gasteiger partial charge in [0.05, 0.1) is 25.7 Å². The lowest BCUT2D eigenvalue weighted by molar-refractivity contribution is 0.113. The maximum Gasteiger partial charge on any atom is 0.192 e. The van der Waals surface area contributed by atoms with E-state index in [0.717, 1.165) is 50.1 Å². The van der Waals surface area contributed by atoms with Crippen molar-refractivity contribution < 1.29 is 4.74 Å². The van der Waals surface area contributed by atoms with Gasteiger partial charge < -0.3 is 19.9 Å². The normalized spacial score (nSPS) is 16.6. The van der Waals surface area contributed by atoms with Crippen molar-refractivity contribution in [2.75, 3.05) is 13.2 Å². The van der Waals surface area contributed by atoms with Crippen molar-refractivity contribution in [1.29, 1.82) is 0 Å². The minimum Gasteiger partial charge on any atom is -0.376 e. The lowest BCUT2D eigenvalue weighted by Gasteiger charge is -2.16. The fourth-order valence-corrected chi connectivity index (χ4v) is 3.56. The monoisotopic (exact) mass is 422 g/mol. The zero-order valence-corrected chi connectivity index (χ0v) is 18.2. The van der Waals surface area contributed by atoms with E-state index in [-0.39, 0.29) is 6.10 Å². The number of benzene rings is 1. The van der Waals surface area contributed by atoms with Crippen LogP contribution < -0.4 is 10.6 Å². The summed E-state index contributed by atoms with van der Waals surface area (Å²) >= 11 is 0. The number of aryl methyl sites for hydroxylation is 1. The van der Waals surface area contributed by atoms with Crippen LogP contribution in [0.5, 0.6) is 0 Å². The average molecular weight is 423 g/mol. The van der Waals surface area contributed by atoms with Gasteiger partial charge >= 0.3 is 0 Å². The summed E-state index contributed by atoms with van der Waals surface area (Å²) in [4.78, 5) is 4.85. The fourth-order valence-electron chi connectivity index (χ4n) is 3.56. The molecule has 4 rings (SSSR count). The summed E-state index contributed by atoms with van der Waals surface area (Å²) in [5.41, 5.74) is 2.38. The van der Waals surface area contributed by atoms with Crippen LogP contribution in [0.25, 0.3) is 0 Å². The van der Waals surface area contributed by atoms with E-state index < -0.39 is 0 Å². The van der Waals surface area contributed by atoms with Gasteiger partial charge in [0.15, 0.2) is 11.8 Å². The number of nitrogens with one attached hydrogen (secondary N) is 2. The molecule has 1 unspecified atom stereocenters. The number of nitrogens with zero attached hydrogens (tertiary/aromatic N) is 6. The molecule has 164 valence electrons. The highest BCUT2D eigenvalue weighted by Gasteiger charge is 2.16. The quantitative estimate of drug-likeness (QED) is 0.425. The molecule has 0 aliphatic carbocycles. The summed E-state index contributed by atoms with van der Waals surface area (Å²) < 4.78 is 9.65. The van der Waals surface area contributed by atoms with Gasteiger partial charge in [-0.1, -0.05) is 24.3 Å². The highest BCUT2D eigenvalue weighted by molar-refractivity contribution is 5.79. The second kappa shape index (κ2) is 10.2. The Bertz CT molecular complexity index is 989. The van der Waals surface area contributed by atoms with Crippen molar-refractivity contribution in [2.24, 2.45) is 12.0 Å². The number of ether oxygens (including phenoxy) is 1. The van der Waals surface area contributed by atoms with Crippen LogP contribution in [0.4, 0.5) is 0 Å². The van der Waals surface area contributed by atoms with Crippen LogP contribution in [0.1, 0.15) is 35.6 Å². The molecule has 2 aromatic heterocycles. The molecule has 0 spiro atoms. The van der Waals surface area contributed by atoms with E-state index in [1.54, 1.807) is 6.20 Å². The van der Waals surface area contributed by atoms with Crippen LogP contribution in [0, 0.1) is 6.92 Å². The highest BCUT2D eigenvalue weighted by Crippen LogP contribution is 2.13. The Kier molecular flexibility index (Phi) is 6.93. The summed E-state index contributed by atoms with van der Waals surface area (Å²) in [5, 5.41) is 19.5. The summed E-state index contributed by atoms with van der Waals surface area (Å²) in [6.45, 7) is 5.35. The lowest BCUT2D eigenvalue weighted by atomic mass is 10.1. The van der Waals surface area contributed by atoms with Crippen molar-refractivity contribution in [2.45, 2.75) is 45.5 Å². The van der Waals surface area contributed by atoms with Gasteiger partial charge in [0.2, 0.25) is 0 Å². The van der Waals surface area contributed by atoms with Gasteiger partial charge in [0.1, 0.15) is 5.82 Å². The van der Waals surface area contributed by atoms with Gasteiger partial charge in [-0.2, -0.15) is 5.10 Å². The molecule has 1 fully saturated rings. The first-order chi connectivity index (χ1) is 15.2. The molecular formula is C22H30N8O. The van der Waals surface area contributed by atoms with Crippen molar-refractivity contribution in [1.82, 2.24) is 35.2 Å². The summed E-state index contributed by atoms with van der Waals surface area (Å²) in [6.07, 6.45) is 6.20. The third-order valence-corrected chi connectivity index (χ3v) is 5.54. The average Bonchev–Trinajstić information content (AvgIpc) is 3.54. The van der Waals surface area contributed by atoms with Crippen LogP contribution in [0.15, 0.2) is 47.7 Å². The molecule has 1 aromatic carbocycles. The van der Waals surface area contributed by atoms with Crippen LogP contribution in [0.3, 0.4) is 0 Å². The summed E-state index contributed by atoms with van der Waals surface area (Å²) in [7, 11) is 1.97. The number of hydrogen-bond donors (Lipinski definition) is 2. The minimum absolute atomic E-state index is 0.233. The molecule has 31 heavy (non-hydrogen) atoms. The first-order valence-corrected chi connectivity index (χ1v) is 10.7. The molecule has 9 nitrogen and oxygen atoms in total. The van der Waals surface area contributed by atoms with Gasteiger partial charge in [-0.25, -0.2) is 4.99 Å². The Labute approximate surface area is 182 Å². The van der Waals surface area contributed by atoms with Crippen molar-refractivity contribution in [3.05, 3.63) is 65.5 Å². The largest absolute Gasteiger partial charge is 0.376 e. The van der Waals surface area contributed by atoms with E-state index >= 15 is 0 Å². The van der Waals surface area contributed by atoms with Gasteiger partial charge in [-0.3, -0.25) is 4.68 Å². The topological polar surface area (TPSA) is 94.2 Å². The summed E-state index contributed by atoms with van der Waals surface area (Å²) in [6, 6.07) is 10.3. The maximum absolute atomic E-state index is 5.75. The molecule has 1 saturated heterocycles. The Morgan fingerprint density at radius 2 is 2.06 bits per heavy atom. The molecule has 0 saturated carbocycles. The number of rotatable bonds is 8. The van der Waals surface area contributed by atoms with Gasteiger partial charge in [-0.15, -0.1) is 10.2 Å². The van der Waals surface area contributed by atoms with E-state index in [1.807, 2.05) is 41.5 Å². The Morgan fingerprint density at radius 3 is 2.77 bits per heavy atom. The molecule has 1 aliphatic heterocycles. The molecular weight excluding hydrogens is 392 g/mol. The SMILES string of the molecule is Cc1nnc(CNC(=NCc2ccccc2Cn2cccn2)NCC2CCCO2)n1C. The van der Waals surface area contributed by atoms with Crippen LogP contribution >= 0.6 is 0 Å². The molecule has 0 radical (unpaired) electrons. The van der Waals surface area contributed by atoms with Gasteiger partial charge in [0.25, 0.3) is 0 Å². The van der Waals surface area contributed by atoms with Crippen LogP contribution in [-0.2, 0) is 31.4 Å². The van der Waals surface area contributed by atoms with E-state index in [0.29, 0.717) is 13.1 Å². The molecule has 2 N–H and O–H groups in total. The standard InChI is InChI=1S/C22H30N8O/c1-17-27-28-21(29(17)2)15-25-22(24-14-20-9-5-12-31-20)23-13-18-7-3-4-8-19(18)16-30-11-6-10-26-30/h3-4,6-8,10-11,20H,5,9,12-16H2,1-2H3,(H2,23,24,25). The number of aromatic nitrogens is 5. The fraction of sp³-hybridized carbons (Fsp3) is 0.455. The van der Waals surface area contributed by atoms with Crippen LogP contribution in [0.2, 0.25) is 0 Å². The second-order valence-electron chi connectivity index (χ2n) is 7.73. The molecule has 0 amide bonds. The zero-order chi connectivity index (χ0) is 21.5. The van der Waals surface area contributed by atoms with E-state index in [4.69, 9.17) is 9.73 Å². The Balaban J connectivity index is 1.45. The first-order valence-electron chi connectivity index (χ1n) is 10.7. The predicted octanol–water partition coefficient (Wildman–Crippen LogP) is 1.78. The van der Waals surface area contributed by atoms with E-state index in [9.17, 15) is 0 Å². The van der Waals surface area contributed by atoms with Crippen molar-refractivity contribution in [3.63, 3.8) is 0 Å². The molecule has 0 bridgehead atoms. The molecule has 1 atom stereocenters. The molecule has 1 aliphatic rings. The maximum atomic E-state index is 5.75. The number of aliphatic imine (C=N–C) groups is 1. The lowest BCUT2D eigenvalue weighted by Crippen LogP contribution is -2.41. The molecule has 9 heteroatoms. The third kappa shape index (κ3) is 5.69. The highest BCUT2D eigenvalue weighted by atomic mass is 16.5. The van der Waals surface area contributed by atoms with Crippen LogP contribution in [-0.4, -0.2) is 49.8 Å². The molecule has 3 aromatic rings.